The summed E-state index contributed by atoms with van der Waals surface area (Å²) < 4.78 is 16.3. The predicted molar refractivity (Wildman–Crippen MR) is 122 cm³/mol. The lowest BCUT2D eigenvalue weighted by Crippen LogP contribution is -2.44. The Bertz CT molecular complexity index is 778. The molecule has 3 N–H and O–H groups in total. The first-order valence-electron chi connectivity index (χ1n) is 10.6. The maximum Gasteiger partial charge on any atom is 0.191 e. The number of methoxy groups -OCH3 is 1. The van der Waals surface area contributed by atoms with Crippen molar-refractivity contribution in [2.45, 2.75) is 26.0 Å². The molecular weight excluding hydrogens is 396 g/mol. The molecule has 2 rings (SSSR count). The van der Waals surface area contributed by atoms with E-state index in [2.05, 4.69) is 20.5 Å². The molecule has 0 saturated carbocycles. The molecule has 0 amide bonds. The van der Waals surface area contributed by atoms with E-state index < -0.39 is 5.60 Å². The van der Waals surface area contributed by atoms with Gasteiger partial charge < -0.3 is 34.5 Å². The summed E-state index contributed by atoms with van der Waals surface area (Å²) in [5.41, 5.74) is -0.0932. The van der Waals surface area contributed by atoms with E-state index in [1.807, 2.05) is 38.2 Å². The average Bonchev–Trinajstić information content (AvgIpc) is 3.31. The number of likely N-dealkylation sites (N-methyl/N-ethyl adjacent to an activating group) is 1. The lowest BCUT2D eigenvalue weighted by Gasteiger charge is -2.22. The van der Waals surface area contributed by atoms with Gasteiger partial charge in [0.15, 0.2) is 5.96 Å². The molecule has 1 unspecified atom stereocenters. The Labute approximate surface area is 185 Å². The number of nitrogens with one attached hydrogen (secondary N) is 2. The summed E-state index contributed by atoms with van der Waals surface area (Å²) in [6.07, 6.45) is 1.55. The predicted octanol–water partition coefficient (Wildman–Crippen LogP) is 2.20. The molecule has 1 atom stereocenters. The van der Waals surface area contributed by atoms with Gasteiger partial charge in [-0.25, -0.2) is 4.99 Å². The number of furan rings is 1. The molecule has 31 heavy (non-hydrogen) atoms. The van der Waals surface area contributed by atoms with Crippen LogP contribution in [0, 0.1) is 0 Å². The number of benzene rings is 1. The van der Waals surface area contributed by atoms with Crippen LogP contribution in [0.25, 0.3) is 0 Å². The minimum Gasteiger partial charge on any atom is -0.492 e. The third-order valence-corrected chi connectivity index (χ3v) is 4.73. The Kier molecular flexibility index (Phi) is 10.4. The minimum absolute atomic E-state index is 0.270. The number of rotatable bonds is 13. The summed E-state index contributed by atoms with van der Waals surface area (Å²) in [7, 11) is 3.75. The van der Waals surface area contributed by atoms with Gasteiger partial charge in [-0.15, -0.1) is 0 Å². The fourth-order valence-corrected chi connectivity index (χ4v) is 2.85. The zero-order chi connectivity index (χ0) is 22.5. The molecule has 0 spiro atoms. The van der Waals surface area contributed by atoms with E-state index in [0.29, 0.717) is 38.0 Å². The van der Waals surface area contributed by atoms with Crippen LogP contribution in [0.4, 0.5) is 0 Å². The quantitative estimate of drug-likeness (QED) is 0.330. The number of aliphatic hydroxyl groups is 1. The van der Waals surface area contributed by atoms with E-state index >= 15 is 0 Å². The minimum atomic E-state index is -1.14. The summed E-state index contributed by atoms with van der Waals surface area (Å²) >= 11 is 0. The summed E-state index contributed by atoms with van der Waals surface area (Å²) in [4.78, 5) is 6.80. The van der Waals surface area contributed by atoms with E-state index in [4.69, 9.17) is 13.9 Å². The van der Waals surface area contributed by atoms with Gasteiger partial charge in [0.1, 0.15) is 23.7 Å². The fraction of sp³-hybridized carbons (Fsp3) is 0.522. The van der Waals surface area contributed by atoms with Crippen molar-refractivity contribution in [3.05, 3.63) is 54.0 Å². The Morgan fingerprint density at radius 2 is 2.00 bits per heavy atom. The van der Waals surface area contributed by atoms with Crippen molar-refractivity contribution >= 4 is 5.96 Å². The first-order chi connectivity index (χ1) is 14.9. The highest BCUT2D eigenvalue weighted by Crippen LogP contribution is 2.19. The van der Waals surface area contributed by atoms with Gasteiger partial charge >= 0.3 is 0 Å². The first kappa shape index (κ1) is 24.7. The molecule has 1 aromatic heterocycles. The highest BCUT2D eigenvalue weighted by molar-refractivity contribution is 5.79. The van der Waals surface area contributed by atoms with Gasteiger partial charge in [0.05, 0.1) is 26.0 Å². The van der Waals surface area contributed by atoms with Crippen LogP contribution in [0.1, 0.15) is 25.2 Å². The van der Waals surface area contributed by atoms with Gasteiger partial charge in [0.25, 0.3) is 0 Å². The number of aliphatic imine (C=N–C) groups is 1. The van der Waals surface area contributed by atoms with Crippen LogP contribution >= 0.6 is 0 Å². The molecule has 1 aromatic carbocycles. The second-order valence-electron chi connectivity index (χ2n) is 7.59. The maximum atomic E-state index is 10.6. The van der Waals surface area contributed by atoms with E-state index in [1.54, 1.807) is 32.4 Å². The van der Waals surface area contributed by atoms with Crippen molar-refractivity contribution in [2.24, 2.45) is 4.99 Å². The molecule has 0 bridgehead atoms. The number of hydrogen-bond acceptors (Lipinski definition) is 6. The van der Waals surface area contributed by atoms with Crippen molar-refractivity contribution in [3.8, 4) is 5.75 Å². The molecule has 0 fully saturated rings. The van der Waals surface area contributed by atoms with Gasteiger partial charge in [-0.1, -0.05) is 12.1 Å². The molecule has 2 aromatic rings. The third kappa shape index (κ3) is 9.00. The average molecular weight is 433 g/mol. The monoisotopic (exact) mass is 432 g/mol. The summed E-state index contributed by atoms with van der Waals surface area (Å²) in [5.74, 6) is 1.96. The Morgan fingerprint density at radius 1 is 1.19 bits per heavy atom. The van der Waals surface area contributed by atoms with Gasteiger partial charge in [-0.3, -0.25) is 0 Å². The SMILES string of the molecule is CCNC(=NCc1cccc(OCCN(C)CCOC)c1)NCC(C)(O)c1ccco1. The molecule has 0 saturated heterocycles. The van der Waals surface area contributed by atoms with Crippen molar-refractivity contribution in [3.63, 3.8) is 0 Å². The number of nitrogens with zero attached hydrogens (tertiary/aromatic N) is 2. The van der Waals surface area contributed by atoms with Crippen LogP contribution in [0.5, 0.6) is 5.75 Å². The van der Waals surface area contributed by atoms with Gasteiger partial charge in [-0.2, -0.15) is 0 Å². The van der Waals surface area contributed by atoms with E-state index in [-0.39, 0.29) is 6.54 Å². The highest BCUT2D eigenvalue weighted by atomic mass is 16.5. The van der Waals surface area contributed by atoms with Crippen LogP contribution in [-0.4, -0.2) is 69.5 Å². The highest BCUT2D eigenvalue weighted by Gasteiger charge is 2.26. The van der Waals surface area contributed by atoms with Crippen molar-refractivity contribution < 1.29 is 19.0 Å². The molecule has 0 radical (unpaired) electrons. The summed E-state index contributed by atoms with van der Waals surface area (Å²) in [6, 6.07) is 11.5. The molecule has 1 heterocycles. The second-order valence-corrected chi connectivity index (χ2v) is 7.59. The molecule has 8 heteroatoms. The molecule has 8 nitrogen and oxygen atoms in total. The first-order valence-corrected chi connectivity index (χ1v) is 10.6. The zero-order valence-electron chi connectivity index (χ0n) is 19.1. The smallest absolute Gasteiger partial charge is 0.191 e. The summed E-state index contributed by atoms with van der Waals surface area (Å²) in [5, 5.41) is 17.0. The van der Waals surface area contributed by atoms with E-state index in [9.17, 15) is 5.11 Å². The zero-order valence-corrected chi connectivity index (χ0v) is 19.1. The maximum absolute atomic E-state index is 10.6. The van der Waals surface area contributed by atoms with Crippen LogP contribution in [0.2, 0.25) is 0 Å². The topological polar surface area (TPSA) is 91.5 Å². The van der Waals surface area contributed by atoms with Crippen molar-refractivity contribution in [2.75, 3.05) is 53.6 Å². The Balaban J connectivity index is 1.88. The van der Waals surface area contributed by atoms with Gasteiger partial charge in [-0.05, 0) is 50.7 Å². The van der Waals surface area contributed by atoms with Crippen molar-refractivity contribution in [1.82, 2.24) is 15.5 Å². The fourth-order valence-electron chi connectivity index (χ4n) is 2.85. The number of ether oxygens (including phenoxy) is 2. The number of hydrogen-bond donors (Lipinski definition) is 3. The van der Waals surface area contributed by atoms with Crippen molar-refractivity contribution in [1.29, 1.82) is 0 Å². The van der Waals surface area contributed by atoms with Crippen LogP contribution in [-0.2, 0) is 16.9 Å². The van der Waals surface area contributed by atoms with Gasteiger partial charge in [0.2, 0.25) is 0 Å². The lowest BCUT2D eigenvalue weighted by atomic mass is 10.0. The molecule has 0 aliphatic rings. The van der Waals surface area contributed by atoms with Crippen LogP contribution in [0.3, 0.4) is 0 Å². The molecule has 172 valence electrons. The second kappa shape index (κ2) is 13.0. The molecule has 0 aliphatic heterocycles. The van der Waals surface area contributed by atoms with Gasteiger partial charge in [0, 0.05) is 26.7 Å². The lowest BCUT2D eigenvalue weighted by molar-refractivity contribution is 0.0386. The van der Waals surface area contributed by atoms with Crippen LogP contribution < -0.4 is 15.4 Å². The Hall–Kier alpha value is -2.55. The number of guanidine groups is 1. The molecule has 0 aliphatic carbocycles. The largest absolute Gasteiger partial charge is 0.492 e. The Morgan fingerprint density at radius 3 is 2.71 bits per heavy atom. The molecular formula is C23H36N4O4. The van der Waals surface area contributed by atoms with Crippen LogP contribution in [0.15, 0.2) is 52.1 Å². The standard InChI is InChI=1S/C23H36N4O4/c1-5-24-22(26-18-23(2,28)21-10-7-13-31-21)25-17-19-8-6-9-20(16-19)30-15-12-27(3)11-14-29-4/h6-10,13,16,28H,5,11-12,14-15,17-18H2,1-4H3,(H2,24,25,26). The summed E-state index contributed by atoms with van der Waals surface area (Å²) in [6.45, 7) is 8.21. The van der Waals surface area contributed by atoms with E-state index in [0.717, 1.165) is 24.4 Å². The third-order valence-electron chi connectivity index (χ3n) is 4.73. The normalized spacial score (nSPS) is 13.8. The van der Waals surface area contributed by atoms with E-state index in [1.165, 1.54) is 0 Å².